The average molecular weight is 406 g/mol. The summed E-state index contributed by atoms with van der Waals surface area (Å²) in [5.41, 5.74) is 0.813. The summed E-state index contributed by atoms with van der Waals surface area (Å²) in [5.74, 6) is -0.516. The van der Waals surface area contributed by atoms with Crippen molar-refractivity contribution in [2.75, 3.05) is 5.32 Å². The molecule has 0 aliphatic carbocycles. The summed E-state index contributed by atoms with van der Waals surface area (Å²) in [7, 11) is 0. The highest BCUT2D eigenvalue weighted by molar-refractivity contribution is 6.04. The van der Waals surface area contributed by atoms with Crippen LogP contribution in [0.3, 0.4) is 0 Å². The van der Waals surface area contributed by atoms with Gasteiger partial charge in [-0.15, -0.1) is 0 Å². The molecule has 0 aliphatic heterocycles. The summed E-state index contributed by atoms with van der Waals surface area (Å²) in [4.78, 5) is 12.4. The highest BCUT2D eigenvalue weighted by Gasteiger charge is 2.30. The van der Waals surface area contributed by atoms with Gasteiger partial charge in [-0.1, -0.05) is 18.2 Å². The summed E-state index contributed by atoms with van der Waals surface area (Å²) >= 11 is 0. The van der Waals surface area contributed by atoms with E-state index < -0.39 is 24.3 Å². The molecule has 1 radical (unpaired) electrons. The molecule has 0 atom stereocenters. The van der Waals surface area contributed by atoms with Crippen molar-refractivity contribution >= 4 is 11.6 Å². The standard InChI is InChI=1S/C21H13F5NO2/c22-20(23)29-18-10-4-13(5-11-18)14-2-1-3-15(12-14)19(28)27-17-8-6-16(7-9-17)21(24,25)26/h1,3-12,20H,(H,27,28). The number of carbonyl (C=O) groups excluding carboxylic acids is 1. The lowest BCUT2D eigenvalue weighted by Gasteiger charge is -2.10. The van der Waals surface area contributed by atoms with E-state index >= 15 is 0 Å². The molecule has 0 aromatic heterocycles. The zero-order chi connectivity index (χ0) is 21.0. The fourth-order valence-electron chi connectivity index (χ4n) is 2.54. The zero-order valence-electron chi connectivity index (χ0n) is 14.6. The van der Waals surface area contributed by atoms with Crippen molar-refractivity contribution in [3.63, 3.8) is 0 Å². The van der Waals surface area contributed by atoms with Crippen LogP contribution in [0.15, 0.2) is 66.7 Å². The first-order valence-electron chi connectivity index (χ1n) is 8.28. The quantitative estimate of drug-likeness (QED) is 0.526. The average Bonchev–Trinajstić information content (AvgIpc) is 2.68. The van der Waals surface area contributed by atoms with Crippen LogP contribution in [0, 0.1) is 6.07 Å². The molecule has 0 saturated carbocycles. The van der Waals surface area contributed by atoms with Crippen LogP contribution in [0.4, 0.5) is 27.6 Å². The Morgan fingerprint density at radius 1 is 0.966 bits per heavy atom. The lowest BCUT2D eigenvalue weighted by Crippen LogP contribution is -2.12. The van der Waals surface area contributed by atoms with Gasteiger partial charge < -0.3 is 10.1 Å². The van der Waals surface area contributed by atoms with E-state index in [0.29, 0.717) is 11.1 Å². The van der Waals surface area contributed by atoms with Gasteiger partial charge in [0.25, 0.3) is 5.91 Å². The van der Waals surface area contributed by atoms with E-state index in [1.165, 1.54) is 42.5 Å². The van der Waals surface area contributed by atoms with E-state index in [1.807, 2.05) is 0 Å². The summed E-state index contributed by atoms with van der Waals surface area (Å²) in [6, 6.07) is 17.4. The Morgan fingerprint density at radius 3 is 2.21 bits per heavy atom. The third-order valence-corrected chi connectivity index (χ3v) is 3.92. The van der Waals surface area contributed by atoms with Gasteiger partial charge in [0.15, 0.2) is 0 Å². The van der Waals surface area contributed by atoms with E-state index in [9.17, 15) is 26.7 Å². The molecule has 29 heavy (non-hydrogen) atoms. The number of anilines is 1. The number of amides is 1. The van der Waals surface area contributed by atoms with Crippen LogP contribution in [0.5, 0.6) is 5.75 Å². The largest absolute Gasteiger partial charge is 0.435 e. The lowest BCUT2D eigenvalue weighted by molar-refractivity contribution is -0.137. The highest BCUT2D eigenvalue weighted by Crippen LogP contribution is 2.30. The van der Waals surface area contributed by atoms with Gasteiger partial charge in [0.2, 0.25) is 0 Å². The summed E-state index contributed by atoms with van der Waals surface area (Å²) < 4.78 is 66.5. The fourth-order valence-corrected chi connectivity index (χ4v) is 2.54. The number of hydrogen-bond acceptors (Lipinski definition) is 2. The van der Waals surface area contributed by atoms with Crippen LogP contribution in [0.1, 0.15) is 15.9 Å². The normalized spacial score (nSPS) is 11.4. The smallest absolute Gasteiger partial charge is 0.416 e. The van der Waals surface area contributed by atoms with Crippen molar-refractivity contribution in [3.05, 3.63) is 83.9 Å². The minimum absolute atomic E-state index is 0.0000451. The molecular weight excluding hydrogens is 393 g/mol. The van der Waals surface area contributed by atoms with Gasteiger partial charge >= 0.3 is 12.8 Å². The molecule has 3 aromatic carbocycles. The molecule has 0 spiro atoms. The molecule has 0 fully saturated rings. The first kappa shape index (κ1) is 20.3. The van der Waals surface area contributed by atoms with E-state index in [2.05, 4.69) is 16.1 Å². The highest BCUT2D eigenvalue weighted by atomic mass is 19.4. The number of alkyl halides is 5. The molecule has 1 amide bonds. The Balaban J connectivity index is 1.74. The summed E-state index contributed by atoms with van der Waals surface area (Å²) in [6.45, 7) is -2.93. The predicted octanol–water partition coefficient (Wildman–Crippen LogP) is 6.03. The molecular formula is C21H13F5NO2. The first-order valence-corrected chi connectivity index (χ1v) is 8.28. The van der Waals surface area contributed by atoms with Crippen LogP contribution in [-0.4, -0.2) is 12.5 Å². The number of halogens is 5. The molecule has 0 aliphatic rings. The van der Waals surface area contributed by atoms with Gasteiger partial charge in [-0.3, -0.25) is 4.79 Å². The van der Waals surface area contributed by atoms with Gasteiger partial charge in [0.05, 0.1) is 5.56 Å². The Morgan fingerprint density at radius 2 is 1.62 bits per heavy atom. The maximum Gasteiger partial charge on any atom is 0.416 e. The predicted molar refractivity (Wildman–Crippen MR) is 96.7 cm³/mol. The summed E-state index contributed by atoms with van der Waals surface area (Å²) in [5, 5.41) is 2.52. The van der Waals surface area contributed by atoms with Crippen molar-refractivity contribution in [2.24, 2.45) is 0 Å². The van der Waals surface area contributed by atoms with Crippen LogP contribution in [0.25, 0.3) is 11.1 Å². The van der Waals surface area contributed by atoms with Gasteiger partial charge in [-0.25, -0.2) is 0 Å². The second kappa shape index (κ2) is 8.30. The van der Waals surface area contributed by atoms with Crippen molar-refractivity contribution in [1.29, 1.82) is 0 Å². The third-order valence-electron chi connectivity index (χ3n) is 3.92. The molecule has 3 rings (SSSR count). The Hall–Kier alpha value is -3.42. The molecule has 0 saturated heterocycles. The minimum Gasteiger partial charge on any atom is -0.435 e. The number of carbonyl (C=O) groups is 1. The first-order chi connectivity index (χ1) is 13.7. The van der Waals surface area contributed by atoms with Crippen LogP contribution < -0.4 is 10.1 Å². The van der Waals surface area contributed by atoms with Crippen LogP contribution >= 0.6 is 0 Å². The van der Waals surface area contributed by atoms with Crippen LogP contribution in [-0.2, 0) is 6.18 Å². The Labute approximate surface area is 162 Å². The SMILES string of the molecule is O=C(Nc1ccc(C(F)(F)F)cc1)c1cc[c]c(-c2ccc(OC(F)F)cc2)c1. The number of hydrogen-bond donors (Lipinski definition) is 1. The molecule has 0 heterocycles. The monoisotopic (exact) mass is 406 g/mol. The fraction of sp³-hybridized carbons (Fsp3) is 0.0952. The Kier molecular flexibility index (Phi) is 5.81. The second-order valence-electron chi connectivity index (χ2n) is 5.92. The minimum atomic E-state index is -4.46. The summed E-state index contributed by atoms with van der Waals surface area (Å²) in [6.07, 6.45) is -4.46. The molecule has 8 heteroatoms. The van der Waals surface area contributed by atoms with Gasteiger partial charge in [-0.2, -0.15) is 22.0 Å². The molecule has 0 bridgehead atoms. The molecule has 3 nitrogen and oxygen atoms in total. The topological polar surface area (TPSA) is 38.3 Å². The van der Waals surface area contributed by atoms with Crippen molar-refractivity contribution in [2.45, 2.75) is 12.8 Å². The number of benzene rings is 3. The maximum atomic E-state index is 12.6. The molecule has 0 unspecified atom stereocenters. The maximum absolute atomic E-state index is 12.6. The van der Waals surface area contributed by atoms with Crippen molar-refractivity contribution < 1.29 is 31.5 Å². The van der Waals surface area contributed by atoms with Crippen LogP contribution in [0.2, 0.25) is 0 Å². The van der Waals surface area contributed by atoms with E-state index in [0.717, 1.165) is 12.1 Å². The van der Waals surface area contributed by atoms with E-state index in [1.54, 1.807) is 12.1 Å². The third kappa shape index (κ3) is 5.31. The number of nitrogens with one attached hydrogen (secondary N) is 1. The van der Waals surface area contributed by atoms with Gasteiger partial charge in [0, 0.05) is 11.3 Å². The van der Waals surface area contributed by atoms with Crippen molar-refractivity contribution in [3.8, 4) is 16.9 Å². The van der Waals surface area contributed by atoms with E-state index in [-0.39, 0.29) is 17.0 Å². The molecule has 149 valence electrons. The van der Waals surface area contributed by atoms with Gasteiger partial charge in [0.1, 0.15) is 5.75 Å². The number of rotatable bonds is 5. The van der Waals surface area contributed by atoms with Gasteiger partial charge in [-0.05, 0) is 65.7 Å². The zero-order valence-corrected chi connectivity index (χ0v) is 14.6. The van der Waals surface area contributed by atoms with E-state index in [4.69, 9.17) is 0 Å². The lowest BCUT2D eigenvalue weighted by atomic mass is 10.0. The Bertz CT molecular complexity index is 983. The second-order valence-corrected chi connectivity index (χ2v) is 5.92. The molecule has 1 N–H and O–H groups in total. The van der Waals surface area contributed by atoms with Crippen molar-refractivity contribution in [1.82, 2.24) is 0 Å². The number of ether oxygens (including phenoxy) is 1. The molecule has 3 aromatic rings.